The highest BCUT2D eigenvalue weighted by atomic mass is 19.1. The highest BCUT2D eigenvalue weighted by Crippen LogP contribution is 2.38. The molecule has 0 radical (unpaired) electrons. The van der Waals surface area contributed by atoms with Crippen LogP contribution in [0.15, 0.2) is 30.3 Å². The van der Waals surface area contributed by atoms with Crippen molar-refractivity contribution in [2.45, 2.75) is 18.8 Å². The van der Waals surface area contributed by atoms with Gasteiger partial charge in [0.1, 0.15) is 11.5 Å². The van der Waals surface area contributed by atoms with Gasteiger partial charge in [-0.1, -0.05) is 0 Å². The first-order valence-electron chi connectivity index (χ1n) is 8.65. The van der Waals surface area contributed by atoms with Gasteiger partial charge in [-0.05, 0) is 50.2 Å². The van der Waals surface area contributed by atoms with Gasteiger partial charge < -0.3 is 5.32 Å². The van der Waals surface area contributed by atoms with Crippen LogP contribution in [0.5, 0.6) is 0 Å². The summed E-state index contributed by atoms with van der Waals surface area (Å²) in [5.41, 5.74) is 3.15. The van der Waals surface area contributed by atoms with E-state index in [0.29, 0.717) is 22.4 Å². The molecule has 1 fully saturated rings. The minimum absolute atomic E-state index is 0.225. The van der Waals surface area contributed by atoms with E-state index in [9.17, 15) is 14.0 Å². The minimum Gasteiger partial charge on any atom is -0.317 e. The molecular formula is C19H19FN4O2. The van der Waals surface area contributed by atoms with E-state index >= 15 is 0 Å². The van der Waals surface area contributed by atoms with Crippen LogP contribution >= 0.6 is 0 Å². The number of imide groups is 1. The van der Waals surface area contributed by atoms with Gasteiger partial charge in [-0.2, -0.15) is 5.10 Å². The molecule has 1 saturated heterocycles. The van der Waals surface area contributed by atoms with E-state index in [0.717, 1.165) is 36.5 Å². The van der Waals surface area contributed by atoms with Crippen LogP contribution in [0.2, 0.25) is 0 Å². The van der Waals surface area contributed by atoms with Gasteiger partial charge in [-0.15, -0.1) is 0 Å². The zero-order valence-electron chi connectivity index (χ0n) is 14.4. The number of likely N-dealkylation sites (N-methyl/N-ethyl adjacent to an activating group) is 1. The first kappa shape index (κ1) is 16.7. The van der Waals surface area contributed by atoms with E-state index in [1.807, 2.05) is 0 Å². The van der Waals surface area contributed by atoms with Crippen molar-refractivity contribution in [1.82, 2.24) is 20.4 Å². The number of H-pyrrole nitrogens is 1. The first-order valence-corrected chi connectivity index (χ1v) is 8.65. The monoisotopic (exact) mass is 354 g/mol. The zero-order valence-corrected chi connectivity index (χ0v) is 14.4. The van der Waals surface area contributed by atoms with Crippen LogP contribution in [0, 0.1) is 5.82 Å². The molecule has 2 aliphatic rings. The molecule has 0 bridgehead atoms. The van der Waals surface area contributed by atoms with Crippen LogP contribution in [0.1, 0.15) is 30.0 Å². The fourth-order valence-electron chi connectivity index (χ4n) is 3.59. The Morgan fingerprint density at radius 3 is 2.46 bits per heavy atom. The fraction of sp³-hybridized carbons (Fsp3) is 0.316. The summed E-state index contributed by atoms with van der Waals surface area (Å²) in [6.07, 6.45) is 3.21. The number of hydrogen-bond donors (Lipinski definition) is 2. The van der Waals surface area contributed by atoms with E-state index in [4.69, 9.17) is 0 Å². The molecule has 2 aromatic rings. The maximum atomic E-state index is 13.3. The number of carbonyl (C=O) groups is 2. The van der Waals surface area contributed by atoms with Crippen molar-refractivity contribution in [3.63, 3.8) is 0 Å². The number of benzene rings is 1. The molecular weight excluding hydrogens is 335 g/mol. The summed E-state index contributed by atoms with van der Waals surface area (Å²) in [5.74, 6) is -0.791. The number of carbonyl (C=O) groups excluding carboxylic acids is 2. The summed E-state index contributed by atoms with van der Waals surface area (Å²) < 4.78 is 13.3. The molecule has 1 aromatic carbocycles. The average molecular weight is 354 g/mol. The number of piperidine rings is 1. The van der Waals surface area contributed by atoms with Crippen molar-refractivity contribution < 1.29 is 14.0 Å². The summed E-state index contributed by atoms with van der Waals surface area (Å²) in [6.45, 7) is 1.78. The molecule has 2 aliphatic heterocycles. The van der Waals surface area contributed by atoms with Crippen LogP contribution in [0.4, 0.5) is 4.39 Å². The van der Waals surface area contributed by atoms with E-state index in [1.165, 1.54) is 25.3 Å². The Balaban J connectivity index is 1.86. The van der Waals surface area contributed by atoms with Gasteiger partial charge in [0.25, 0.3) is 11.8 Å². The molecule has 0 aliphatic carbocycles. The highest BCUT2D eigenvalue weighted by molar-refractivity contribution is 6.34. The van der Waals surface area contributed by atoms with Crippen LogP contribution in [0.25, 0.3) is 16.8 Å². The Bertz CT molecular complexity index is 895. The Kier molecular flexibility index (Phi) is 4.16. The maximum Gasteiger partial charge on any atom is 0.261 e. The van der Waals surface area contributed by atoms with Gasteiger partial charge in [0.2, 0.25) is 0 Å². The molecule has 2 N–H and O–H groups in total. The lowest BCUT2D eigenvalue weighted by Crippen LogP contribution is -2.28. The number of aromatic amines is 1. The van der Waals surface area contributed by atoms with Crippen molar-refractivity contribution in [2.75, 3.05) is 20.1 Å². The average Bonchev–Trinajstić information content (AvgIpc) is 3.20. The predicted octanol–water partition coefficient (Wildman–Crippen LogP) is 2.06. The summed E-state index contributed by atoms with van der Waals surface area (Å²) in [7, 11) is 1.47. The molecule has 26 heavy (non-hydrogen) atoms. The molecule has 6 nitrogen and oxygen atoms in total. The van der Waals surface area contributed by atoms with Crippen LogP contribution in [-0.4, -0.2) is 47.0 Å². The van der Waals surface area contributed by atoms with Gasteiger partial charge in [0.05, 0.1) is 5.57 Å². The number of nitrogens with one attached hydrogen (secondary N) is 2. The largest absolute Gasteiger partial charge is 0.317 e. The molecule has 2 amide bonds. The fourth-order valence-corrected chi connectivity index (χ4v) is 3.59. The summed E-state index contributed by atoms with van der Waals surface area (Å²) >= 11 is 0. The Morgan fingerprint density at radius 1 is 1.15 bits per heavy atom. The zero-order chi connectivity index (χ0) is 18.3. The van der Waals surface area contributed by atoms with E-state index < -0.39 is 0 Å². The van der Waals surface area contributed by atoms with Crippen molar-refractivity contribution in [1.29, 1.82) is 0 Å². The SMILES string of the molecule is CN1C(=O)C=C(c2c(-c3ccc(F)cc3)n[nH]c2C2CCNCC2)C1=O. The molecule has 134 valence electrons. The minimum atomic E-state index is -0.340. The third-order valence-corrected chi connectivity index (χ3v) is 5.06. The van der Waals surface area contributed by atoms with E-state index in [2.05, 4.69) is 15.5 Å². The lowest BCUT2D eigenvalue weighted by atomic mass is 9.88. The second-order valence-electron chi connectivity index (χ2n) is 6.65. The number of amides is 2. The molecule has 0 atom stereocenters. The summed E-state index contributed by atoms with van der Waals surface area (Å²) in [5, 5.41) is 10.8. The van der Waals surface area contributed by atoms with Gasteiger partial charge in [0.15, 0.2) is 0 Å². The second-order valence-corrected chi connectivity index (χ2v) is 6.65. The molecule has 0 unspecified atom stereocenters. The number of hydrogen-bond acceptors (Lipinski definition) is 4. The van der Waals surface area contributed by atoms with E-state index in [1.54, 1.807) is 12.1 Å². The van der Waals surface area contributed by atoms with Crippen molar-refractivity contribution in [3.05, 3.63) is 47.4 Å². The molecule has 0 spiro atoms. The number of nitrogens with zero attached hydrogens (tertiary/aromatic N) is 2. The van der Waals surface area contributed by atoms with Crippen molar-refractivity contribution in [2.24, 2.45) is 0 Å². The quantitative estimate of drug-likeness (QED) is 0.827. The number of halogens is 1. The first-order chi connectivity index (χ1) is 12.6. The molecule has 7 heteroatoms. The lowest BCUT2D eigenvalue weighted by Gasteiger charge is -2.23. The Hall–Kier alpha value is -2.80. The van der Waals surface area contributed by atoms with Crippen LogP contribution < -0.4 is 5.32 Å². The van der Waals surface area contributed by atoms with Crippen molar-refractivity contribution in [3.8, 4) is 11.3 Å². The predicted molar refractivity (Wildman–Crippen MR) is 94.6 cm³/mol. The van der Waals surface area contributed by atoms with Gasteiger partial charge in [-0.25, -0.2) is 4.39 Å². The van der Waals surface area contributed by atoms with Crippen molar-refractivity contribution >= 4 is 17.4 Å². The molecule has 1 aromatic heterocycles. The second kappa shape index (κ2) is 6.49. The third kappa shape index (κ3) is 2.74. The smallest absolute Gasteiger partial charge is 0.261 e. The molecule has 3 heterocycles. The van der Waals surface area contributed by atoms with Crippen LogP contribution in [-0.2, 0) is 9.59 Å². The maximum absolute atomic E-state index is 13.3. The summed E-state index contributed by atoms with van der Waals surface area (Å²) in [4.78, 5) is 25.7. The lowest BCUT2D eigenvalue weighted by molar-refractivity contribution is -0.134. The number of aromatic nitrogens is 2. The van der Waals surface area contributed by atoms with E-state index in [-0.39, 0.29) is 23.5 Å². The Labute approximate surface area is 150 Å². The van der Waals surface area contributed by atoms with Crippen LogP contribution in [0.3, 0.4) is 0 Å². The highest BCUT2D eigenvalue weighted by Gasteiger charge is 2.35. The normalized spacial score (nSPS) is 18.5. The molecule has 0 saturated carbocycles. The van der Waals surface area contributed by atoms with Gasteiger partial charge in [0, 0.05) is 35.9 Å². The third-order valence-electron chi connectivity index (χ3n) is 5.06. The van der Waals surface area contributed by atoms with Gasteiger partial charge in [-0.3, -0.25) is 19.6 Å². The Morgan fingerprint density at radius 2 is 1.85 bits per heavy atom. The summed E-state index contributed by atoms with van der Waals surface area (Å²) in [6, 6.07) is 5.99. The standard InChI is InChI=1S/C19H19FN4O2/c1-24-15(25)10-14(19(24)26)16-17(11-2-4-13(20)5-3-11)22-23-18(16)12-6-8-21-9-7-12/h2-5,10,12,21H,6-9H2,1H3,(H,22,23). The number of rotatable bonds is 3. The van der Waals surface area contributed by atoms with Gasteiger partial charge >= 0.3 is 0 Å². The molecule has 4 rings (SSSR count). The topological polar surface area (TPSA) is 78.1 Å².